The second-order valence-electron chi connectivity index (χ2n) is 5.10. The molecule has 0 N–H and O–H groups in total. The average molecular weight is 295 g/mol. The second-order valence-corrected chi connectivity index (χ2v) is 7.14. The topological polar surface area (TPSA) is 9.23 Å². The Labute approximate surface area is 130 Å². The number of unbranched alkanes of at least 4 members (excludes halogenated alkanes) is 1. The van der Waals surface area contributed by atoms with Crippen LogP contribution in [-0.2, 0) is 4.43 Å². The van der Waals surface area contributed by atoms with E-state index in [9.17, 15) is 0 Å². The van der Waals surface area contributed by atoms with Crippen molar-refractivity contribution in [3.05, 3.63) is 73.3 Å². The highest BCUT2D eigenvalue weighted by Gasteiger charge is 2.21. The number of benzene rings is 2. The van der Waals surface area contributed by atoms with Gasteiger partial charge in [0.25, 0.3) is 9.04 Å². The van der Waals surface area contributed by atoms with Crippen LogP contribution in [0.3, 0.4) is 0 Å². The van der Waals surface area contributed by atoms with Crippen molar-refractivity contribution in [3.8, 4) is 0 Å². The molecule has 0 aliphatic heterocycles. The van der Waals surface area contributed by atoms with E-state index in [0.717, 1.165) is 6.42 Å². The minimum absolute atomic E-state index is 0.138. The normalized spacial score (nSPS) is 12.3. The molecule has 2 rings (SSSR count). The fourth-order valence-corrected chi connectivity index (χ4v) is 4.38. The van der Waals surface area contributed by atoms with Crippen molar-refractivity contribution in [2.75, 3.05) is 0 Å². The summed E-state index contributed by atoms with van der Waals surface area (Å²) in [5, 5.41) is 2.58. The Kier molecular flexibility index (Phi) is 6.45. The highest BCUT2D eigenvalue weighted by molar-refractivity contribution is 6.80. The molecular formula is C19H23OSi. The first-order chi connectivity index (χ1) is 10.3. The Morgan fingerprint density at radius 2 is 1.52 bits per heavy atom. The minimum Gasteiger partial charge on any atom is -0.401 e. The summed E-state index contributed by atoms with van der Waals surface area (Å²) in [6, 6.07) is 21.1. The van der Waals surface area contributed by atoms with Crippen molar-refractivity contribution in [1.82, 2.24) is 0 Å². The monoisotopic (exact) mass is 295 g/mol. The molecule has 0 aliphatic carbocycles. The molecule has 0 fully saturated rings. The summed E-state index contributed by atoms with van der Waals surface area (Å²) in [5.74, 6) is 0. The first-order valence-corrected chi connectivity index (χ1v) is 9.03. The van der Waals surface area contributed by atoms with Crippen molar-refractivity contribution in [1.29, 1.82) is 0 Å². The fourth-order valence-electron chi connectivity index (χ4n) is 2.26. The van der Waals surface area contributed by atoms with Gasteiger partial charge in [-0.05, 0) is 16.8 Å². The molecule has 1 atom stereocenters. The molecule has 21 heavy (non-hydrogen) atoms. The summed E-state index contributed by atoms with van der Waals surface area (Å²) in [6.45, 7) is 6.15. The van der Waals surface area contributed by atoms with Gasteiger partial charge in [-0.15, -0.1) is 6.58 Å². The van der Waals surface area contributed by atoms with E-state index in [1.54, 1.807) is 0 Å². The third-order valence-electron chi connectivity index (χ3n) is 3.45. The largest absolute Gasteiger partial charge is 0.401 e. The summed E-state index contributed by atoms with van der Waals surface area (Å²) in [4.78, 5) is 0. The highest BCUT2D eigenvalue weighted by Crippen LogP contribution is 2.08. The molecule has 2 aromatic carbocycles. The molecule has 0 saturated carbocycles. The van der Waals surface area contributed by atoms with Gasteiger partial charge in [-0.25, -0.2) is 0 Å². The zero-order chi connectivity index (χ0) is 14.9. The van der Waals surface area contributed by atoms with Gasteiger partial charge in [-0.3, -0.25) is 0 Å². The Hall–Kier alpha value is -1.64. The molecule has 0 amide bonds. The van der Waals surface area contributed by atoms with E-state index in [1.807, 2.05) is 6.08 Å². The smallest absolute Gasteiger partial charge is 0.283 e. The zero-order valence-electron chi connectivity index (χ0n) is 12.7. The Bertz CT molecular complexity index is 484. The van der Waals surface area contributed by atoms with Crippen LogP contribution in [0, 0.1) is 0 Å². The van der Waals surface area contributed by atoms with Gasteiger partial charge in [-0.2, -0.15) is 0 Å². The van der Waals surface area contributed by atoms with Gasteiger partial charge in [0.2, 0.25) is 0 Å². The predicted octanol–water partition coefficient (Wildman–Crippen LogP) is 3.55. The van der Waals surface area contributed by atoms with Crippen LogP contribution in [0.1, 0.15) is 26.2 Å². The van der Waals surface area contributed by atoms with Crippen LogP contribution in [0.2, 0.25) is 0 Å². The molecule has 109 valence electrons. The standard InChI is InChI=1S/C19H23OSi/c1-3-5-12-17(4-2)20-21(18-13-8-6-9-14-18)19-15-10-7-11-16-19/h4,6-11,13-17H,2-3,5,12H2,1H3. The first-order valence-electron chi connectivity index (χ1n) is 7.62. The maximum absolute atomic E-state index is 6.46. The van der Waals surface area contributed by atoms with Gasteiger partial charge in [0.05, 0.1) is 6.10 Å². The Morgan fingerprint density at radius 1 is 1.00 bits per heavy atom. The molecule has 1 unspecified atom stereocenters. The average Bonchev–Trinajstić information content (AvgIpc) is 2.57. The lowest BCUT2D eigenvalue weighted by atomic mass is 10.2. The molecule has 2 aromatic rings. The molecular weight excluding hydrogens is 272 g/mol. The van der Waals surface area contributed by atoms with Crippen LogP contribution in [0.15, 0.2) is 73.3 Å². The lowest BCUT2D eigenvalue weighted by Crippen LogP contribution is -2.46. The van der Waals surface area contributed by atoms with Crippen LogP contribution in [-0.4, -0.2) is 15.1 Å². The van der Waals surface area contributed by atoms with Gasteiger partial charge in [0, 0.05) is 0 Å². The minimum atomic E-state index is -1.21. The lowest BCUT2D eigenvalue weighted by molar-refractivity contribution is 0.245. The summed E-state index contributed by atoms with van der Waals surface area (Å²) in [5.41, 5.74) is 0. The van der Waals surface area contributed by atoms with Gasteiger partial charge in [-0.1, -0.05) is 86.5 Å². The quantitative estimate of drug-likeness (QED) is 0.534. The van der Waals surface area contributed by atoms with E-state index in [0.29, 0.717) is 0 Å². The lowest BCUT2D eigenvalue weighted by Gasteiger charge is -2.22. The molecule has 1 radical (unpaired) electrons. The van der Waals surface area contributed by atoms with Gasteiger partial charge >= 0.3 is 0 Å². The van der Waals surface area contributed by atoms with Gasteiger partial charge < -0.3 is 4.43 Å². The first kappa shape index (κ1) is 15.7. The predicted molar refractivity (Wildman–Crippen MR) is 92.5 cm³/mol. The van der Waals surface area contributed by atoms with Crippen LogP contribution < -0.4 is 10.4 Å². The Balaban J connectivity index is 2.22. The van der Waals surface area contributed by atoms with Crippen LogP contribution in [0.25, 0.3) is 0 Å². The van der Waals surface area contributed by atoms with Crippen molar-refractivity contribution < 1.29 is 4.43 Å². The van der Waals surface area contributed by atoms with E-state index in [4.69, 9.17) is 4.43 Å². The van der Waals surface area contributed by atoms with Crippen LogP contribution in [0.4, 0.5) is 0 Å². The summed E-state index contributed by atoms with van der Waals surface area (Å²) in [7, 11) is -1.21. The third kappa shape index (κ3) is 4.69. The van der Waals surface area contributed by atoms with Gasteiger partial charge in [0.15, 0.2) is 0 Å². The van der Waals surface area contributed by atoms with Gasteiger partial charge in [0.1, 0.15) is 0 Å². The molecule has 0 spiro atoms. The summed E-state index contributed by atoms with van der Waals surface area (Å²) < 4.78 is 6.46. The number of hydrogen-bond donors (Lipinski definition) is 0. The molecule has 0 bridgehead atoms. The third-order valence-corrected chi connectivity index (χ3v) is 5.70. The van der Waals surface area contributed by atoms with Crippen molar-refractivity contribution in [2.24, 2.45) is 0 Å². The SMILES string of the molecule is C=CC(CCCC)O[Si](c1ccccc1)c1ccccc1. The molecule has 0 aromatic heterocycles. The van der Waals surface area contributed by atoms with Crippen molar-refractivity contribution >= 4 is 19.4 Å². The van der Waals surface area contributed by atoms with E-state index in [-0.39, 0.29) is 6.10 Å². The molecule has 1 nitrogen and oxygen atoms in total. The molecule has 0 aliphatic rings. The van der Waals surface area contributed by atoms with Crippen LogP contribution >= 0.6 is 0 Å². The Morgan fingerprint density at radius 3 is 1.95 bits per heavy atom. The van der Waals surface area contributed by atoms with Crippen molar-refractivity contribution in [3.63, 3.8) is 0 Å². The zero-order valence-corrected chi connectivity index (χ0v) is 13.7. The number of rotatable bonds is 8. The van der Waals surface area contributed by atoms with Crippen molar-refractivity contribution in [2.45, 2.75) is 32.3 Å². The maximum atomic E-state index is 6.46. The summed E-state index contributed by atoms with van der Waals surface area (Å²) >= 11 is 0. The number of hydrogen-bond acceptors (Lipinski definition) is 1. The highest BCUT2D eigenvalue weighted by atomic mass is 28.3. The second kappa shape index (κ2) is 8.60. The van der Waals surface area contributed by atoms with E-state index < -0.39 is 9.04 Å². The van der Waals surface area contributed by atoms with Crippen LogP contribution in [0.5, 0.6) is 0 Å². The summed E-state index contributed by atoms with van der Waals surface area (Å²) in [6.07, 6.45) is 5.50. The molecule has 0 heterocycles. The molecule has 0 saturated heterocycles. The molecule has 2 heteroatoms. The van der Waals surface area contributed by atoms with E-state index >= 15 is 0 Å². The van der Waals surface area contributed by atoms with E-state index in [1.165, 1.54) is 23.2 Å². The fraction of sp³-hybridized carbons (Fsp3) is 0.263. The maximum Gasteiger partial charge on any atom is 0.283 e. The van der Waals surface area contributed by atoms with E-state index in [2.05, 4.69) is 74.2 Å².